The van der Waals surface area contributed by atoms with Crippen LogP contribution in [0.2, 0.25) is 0 Å². The Morgan fingerprint density at radius 3 is 2.42 bits per heavy atom. The summed E-state index contributed by atoms with van der Waals surface area (Å²) in [5, 5.41) is 14.7. The minimum Gasteiger partial charge on any atom is -0.491 e. The van der Waals surface area contributed by atoms with E-state index in [1.54, 1.807) is 67.6 Å². The fourth-order valence-corrected chi connectivity index (χ4v) is 3.61. The molecule has 9 nitrogen and oxygen atoms in total. The van der Waals surface area contributed by atoms with Gasteiger partial charge in [-0.3, -0.25) is 10.1 Å². The van der Waals surface area contributed by atoms with Gasteiger partial charge in [0.2, 0.25) is 5.91 Å². The number of aliphatic hydroxyl groups excluding tert-OH is 1. The number of amides is 2. The van der Waals surface area contributed by atoms with Crippen LogP contribution in [0.15, 0.2) is 84.9 Å². The number of nitrogens with one attached hydrogen (secondary N) is 2. The maximum absolute atomic E-state index is 12.9. The zero-order valence-electron chi connectivity index (χ0n) is 21.4. The molecule has 2 amide bonds. The van der Waals surface area contributed by atoms with Crippen LogP contribution in [0.25, 0.3) is 0 Å². The molecule has 9 heteroatoms. The Balaban J connectivity index is 1.88. The molecule has 0 saturated heterocycles. The summed E-state index contributed by atoms with van der Waals surface area (Å²) in [6.07, 6.45) is 0.279. The smallest absolute Gasteiger partial charge is 0.412 e. The van der Waals surface area contributed by atoms with Gasteiger partial charge in [0.05, 0.1) is 18.0 Å². The molecule has 0 spiro atoms. The summed E-state index contributed by atoms with van der Waals surface area (Å²) in [6, 6.07) is 21.2. The summed E-state index contributed by atoms with van der Waals surface area (Å²) in [6.45, 7) is 3.88. The zero-order valence-corrected chi connectivity index (χ0v) is 21.4. The second-order valence-corrected chi connectivity index (χ2v) is 8.28. The van der Waals surface area contributed by atoms with Crippen molar-refractivity contribution in [1.82, 2.24) is 0 Å². The second kappa shape index (κ2) is 14.4. The minimum atomic E-state index is -0.985. The molecule has 0 saturated carbocycles. The highest BCUT2D eigenvalue weighted by Gasteiger charge is 2.29. The number of para-hydroxylation sites is 3. The summed E-state index contributed by atoms with van der Waals surface area (Å²) in [4.78, 5) is 25.6. The topological polar surface area (TPSA) is 132 Å². The van der Waals surface area contributed by atoms with Crippen molar-refractivity contribution in [2.45, 2.75) is 26.1 Å². The Morgan fingerprint density at radius 2 is 1.71 bits per heavy atom. The number of aryl methyl sites for hydroxylation is 1. The Bertz CT molecular complexity index is 1230. The number of carbonyl (C=O) groups is 2. The normalized spacial score (nSPS) is 12.5. The van der Waals surface area contributed by atoms with Crippen LogP contribution >= 0.6 is 0 Å². The lowest BCUT2D eigenvalue weighted by molar-refractivity contribution is -0.112. The molecule has 0 aromatic heterocycles. The van der Waals surface area contributed by atoms with Crippen LogP contribution in [0.1, 0.15) is 24.2 Å². The summed E-state index contributed by atoms with van der Waals surface area (Å²) < 4.78 is 17.5. The lowest BCUT2D eigenvalue weighted by atomic mass is 10.0. The number of hydrogen-bond acceptors (Lipinski definition) is 7. The SMILES string of the molecule is CCO[C@@H](/C=C/C(=O)Nc1ccccc1N)[C@@H](OC(=O)Nc1ccc(C)cc1)c1ccccc1OCCO. The van der Waals surface area contributed by atoms with Gasteiger partial charge in [0.1, 0.15) is 18.5 Å². The van der Waals surface area contributed by atoms with Crippen molar-refractivity contribution in [3.05, 3.63) is 96.1 Å². The molecular weight excluding hydrogens is 486 g/mol. The number of anilines is 3. The first-order valence-electron chi connectivity index (χ1n) is 12.2. The van der Waals surface area contributed by atoms with Crippen molar-refractivity contribution in [3.8, 4) is 5.75 Å². The molecule has 0 aliphatic carbocycles. The van der Waals surface area contributed by atoms with Crippen LogP contribution in [0.3, 0.4) is 0 Å². The minimum absolute atomic E-state index is 0.0509. The molecule has 0 aliphatic heterocycles. The van der Waals surface area contributed by atoms with E-state index in [9.17, 15) is 14.7 Å². The average Bonchev–Trinajstić information content (AvgIpc) is 2.91. The van der Waals surface area contributed by atoms with Gasteiger partial charge in [0.15, 0.2) is 6.10 Å². The molecular formula is C29H33N3O6. The van der Waals surface area contributed by atoms with Crippen LogP contribution in [-0.2, 0) is 14.3 Å². The fourth-order valence-electron chi connectivity index (χ4n) is 3.61. The van der Waals surface area contributed by atoms with Gasteiger partial charge < -0.3 is 30.4 Å². The maximum atomic E-state index is 12.9. The van der Waals surface area contributed by atoms with Crippen LogP contribution < -0.4 is 21.1 Å². The van der Waals surface area contributed by atoms with Gasteiger partial charge in [-0.1, -0.05) is 48.0 Å². The summed E-state index contributed by atoms with van der Waals surface area (Å²) in [7, 11) is 0. The van der Waals surface area contributed by atoms with Gasteiger partial charge in [-0.05, 0) is 50.3 Å². The standard InChI is InChI=1S/C29H33N3O6/c1-3-36-26(16-17-27(34)32-24-10-6-5-9-23(24)30)28(22-8-4-7-11-25(22)37-19-18-33)38-29(35)31-21-14-12-20(2)13-15-21/h4-17,26,28,33H,3,18-19,30H2,1-2H3,(H,31,35)(H,32,34)/b17-16+/t26-,28-/m0/s1. The largest absolute Gasteiger partial charge is 0.491 e. The highest BCUT2D eigenvalue weighted by Crippen LogP contribution is 2.33. The van der Waals surface area contributed by atoms with E-state index in [-0.39, 0.29) is 19.8 Å². The number of nitrogens with two attached hydrogens (primary N) is 1. The Kier molecular flexibility index (Phi) is 10.7. The van der Waals surface area contributed by atoms with Crippen molar-refractivity contribution >= 4 is 29.1 Å². The predicted octanol–water partition coefficient (Wildman–Crippen LogP) is 4.84. The number of hydrogen-bond donors (Lipinski definition) is 4. The quantitative estimate of drug-likeness (QED) is 0.199. The van der Waals surface area contributed by atoms with Crippen molar-refractivity contribution in [2.75, 3.05) is 36.2 Å². The van der Waals surface area contributed by atoms with Crippen LogP contribution in [0.5, 0.6) is 5.75 Å². The molecule has 2 atom stereocenters. The van der Waals surface area contributed by atoms with Crippen LogP contribution in [0, 0.1) is 6.92 Å². The van der Waals surface area contributed by atoms with Gasteiger partial charge in [-0.25, -0.2) is 4.79 Å². The fraction of sp³-hybridized carbons (Fsp3) is 0.241. The van der Waals surface area contributed by atoms with E-state index in [0.29, 0.717) is 28.4 Å². The molecule has 38 heavy (non-hydrogen) atoms. The molecule has 0 aliphatic rings. The third-order valence-corrected chi connectivity index (χ3v) is 5.42. The first kappa shape index (κ1) is 28.2. The molecule has 3 aromatic carbocycles. The van der Waals surface area contributed by atoms with E-state index < -0.39 is 24.2 Å². The van der Waals surface area contributed by atoms with Crippen molar-refractivity contribution in [3.63, 3.8) is 0 Å². The monoisotopic (exact) mass is 519 g/mol. The number of carbonyl (C=O) groups excluding carboxylic acids is 2. The summed E-state index contributed by atoms with van der Waals surface area (Å²) in [5.74, 6) is -0.0189. The van der Waals surface area contributed by atoms with Crippen molar-refractivity contribution in [1.29, 1.82) is 0 Å². The van der Waals surface area contributed by atoms with Crippen molar-refractivity contribution < 1.29 is 28.9 Å². The number of nitrogen functional groups attached to an aromatic ring is 1. The molecule has 0 bridgehead atoms. The van der Waals surface area contributed by atoms with Gasteiger partial charge in [0.25, 0.3) is 0 Å². The number of benzene rings is 3. The molecule has 3 aromatic rings. The number of ether oxygens (including phenoxy) is 3. The molecule has 200 valence electrons. The predicted molar refractivity (Wildman–Crippen MR) is 147 cm³/mol. The number of rotatable bonds is 12. The Morgan fingerprint density at radius 1 is 1.00 bits per heavy atom. The van der Waals surface area contributed by atoms with Gasteiger partial charge in [-0.2, -0.15) is 0 Å². The molecule has 0 unspecified atom stereocenters. The highest BCUT2D eigenvalue weighted by atomic mass is 16.6. The molecule has 0 radical (unpaired) electrons. The molecule has 0 heterocycles. The van der Waals surface area contributed by atoms with E-state index in [1.165, 1.54) is 12.2 Å². The van der Waals surface area contributed by atoms with E-state index in [2.05, 4.69) is 10.6 Å². The van der Waals surface area contributed by atoms with Crippen molar-refractivity contribution in [2.24, 2.45) is 0 Å². The Labute approximate surface area is 222 Å². The average molecular weight is 520 g/mol. The summed E-state index contributed by atoms with van der Waals surface area (Å²) in [5.41, 5.74) is 8.95. The van der Waals surface area contributed by atoms with Crippen LogP contribution in [0.4, 0.5) is 21.9 Å². The van der Waals surface area contributed by atoms with E-state index in [0.717, 1.165) is 5.56 Å². The van der Waals surface area contributed by atoms with E-state index in [4.69, 9.17) is 19.9 Å². The highest BCUT2D eigenvalue weighted by molar-refractivity contribution is 6.01. The second-order valence-electron chi connectivity index (χ2n) is 8.28. The van der Waals surface area contributed by atoms with Crippen LogP contribution in [-0.4, -0.2) is 43.0 Å². The number of aliphatic hydroxyl groups is 1. The lowest BCUT2D eigenvalue weighted by Gasteiger charge is -2.27. The molecule has 0 fully saturated rings. The Hall–Kier alpha value is -4.34. The molecule has 5 N–H and O–H groups in total. The van der Waals surface area contributed by atoms with Gasteiger partial charge in [0, 0.05) is 23.9 Å². The molecule has 3 rings (SSSR count). The lowest BCUT2D eigenvalue weighted by Crippen LogP contribution is -2.28. The third-order valence-electron chi connectivity index (χ3n) is 5.42. The first-order valence-corrected chi connectivity index (χ1v) is 12.2. The third kappa shape index (κ3) is 8.36. The summed E-state index contributed by atoms with van der Waals surface area (Å²) >= 11 is 0. The van der Waals surface area contributed by atoms with Gasteiger partial charge >= 0.3 is 6.09 Å². The zero-order chi connectivity index (χ0) is 27.3. The first-order chi connectivity index (χ1) is 18.4. The van der Waals surface area contributed by atoms with Gasteiger partial charge in [-0.15, -0.1) is 0 Å². The van der Waals surface area contributed by atoms with E-state index in [1.807, 2.05) is 19.1 Å². The maximum Gasteiger partial charge on any atom is 0.412 e. The van der Waals surface area contributed by atoms with E-state index >= 15 is 0 Å².